The summed E-state index contributed by atoms with van der Waals surface area (Å²) in [5.74, 6) is -0.557. The van der Waals surface area contributed by atoms with Gasteiger partial charge in [0.2, 0.25) is 0 Å². The summed E-state index contributed by atoms with van der Waals surface area (Å²) in [6, 6.07) is 10.1. The highest BCUT2D eigenvalue weighted by Crippen LogP contribution is 2.32. The largest absolute Gasteiger partial charge is 0.346 e. The van der Waals surface area contributed by atoms with E-state index < -0.39 is 5.79 Å². The maximum absolute atomic E-state index is 5.84. The van der Waals surface area contributed by atoms with E-state index in [-0.39, 0.29) is 6.10 Å². The molecule has 2 nitrogen and oxygen atoms in total. The van der Waals surface area contributed by atoms with E-state index in [1.54, 1.807) is 0 Å². The Morgan fingerprint density at radius 2 is 2.00 bits per heavy atom. The monoisotopic (exact) mass is 192 g/mol. The van der Waals surface area contributed by atoms with Crippen molar-refractivity contribution in [2.45, 2.75) is 32.2 Å². The number of ether oxygens (including phenoxy) is 2. The molecule has 0 N–H and O–H groups in total. The van der Waals surface area contributed by atoms with Crippen LogP contribution in [0.1, 0.15) is 25.8 Å². The van der Waals surface area contributed by atoms with Gasteiger partial charge >= 0.3 is 0 Å². The molecule has 0 amide bonds. The third kappa shape index (κ3) is 1.81. The topological polar surface area (TPSA) is 18.5 Å². The smallest absolute Gasteiger partial charge is 0.192 e. The summed E-state index contributed by atoms with van der Waals surface area (Å²) in [6.45, 7) is 4.84. The van der Waals surface area contributed by atoms with Gasteiger partial charge in [0, 0.05) is 5.56 Å². The zero-order valence-corrected chi connectivity index (χ0v) is 8.69. The van der Waals surface area contributed by atoms with E-state index in [1.807, 2.05) is 37.3 Å². The lowest BCUT2D eigenvalue weighted by Gasteiger charge is -2.37. The minimum atomic E-state index is -0.557. The number of rotatable bonds is 1. The molecule has 1 fully saturated rings. The van der Waals surface area contributed by atoms with Crippen molar-refractivity contribution in [3.8, 4) is 0 Å². The molecule has 2 atom stereocenters. The summed E-state index contributed by atoms with van der Waals surface area (Å²) in [7, 11) is 0. The van der Waals surface area contributed by atoms with Gasteiger partial charge in [0.05, 0.1) is 12.7 Å². The van der Waals surface area contributed by atoms with Gasteiger partial charge in [-0.3, -0.25) is 0 Å². The third-order valence-corrected chi connectivity index (χ3v) is 2.63. The molecule has 0 unspecified atom stereocenters. The lowest BCUT2D eigenvalue weighted by Crippen LogP contribution is -2.38. The Bertz CT molecular complexity index is 296. The van der Waals surface area contributed by atoms with Crippen molar-refractivity contribution in [2.24, 2.45) is 0 Å². The van der Waals surface area contributed by atoms with E-state index in [1.165, 1.54) is 0 Å². The van der Waals surface area contributed by atoms with Crippen LogP contribution < -0.4 is 0 Å². The first-order chi connectivity index (χ1) is 6.71. The average molecular weight is 192 g/mol. The molecule has 1 aromatic carbocycles. The van der Waals surface area contributed by atoms with Crippen LogP contribution in [0.5, 0.6) is 0 Å². The third-order valence-electron chi connectivity index (χ3n) is 2.63. The van der Waals surface area contributed by atoms with Gasteiger partial charge in [0.25, 0.3) is 0 Å². The molecule has 0 spiro atoms. The van der Waals surface area contributed by atoms with Crippen LogP contribution in [-0.2, 0) is 15.3 Å². The van der Waals surface area contributed by atoms with Gasteiger partial charge in [0.1, 0.15) is 0 Å². The van der Waals surface area contributed by atoms with E-state index in [0.717, 1.165) is 18.6 Å². The normalized spacial score (nSPS) is 32.9. The summed E-state index contributed by atoms with van der Waals surface area (Å²) in [4.78, 5) is 0. The molecule has 14 heavy (non-hydrogen) atoms. The fourth-order valence-corrected chi connectivity index (χ4v) is 1.79. The van der Waals surface area contributed by atoms with Crippen LogP contribution in [0.3, 0.4) is 0 Å². The van der Waals surface area contributed by atoms with Gasteiger partial charge in [-0.2, -0.15) is 0 Å². The molecule has 0 saturated carbocycles. The van der Waals surface area contributed by atoms with Crippen molar-refractivity contribution in [2.75, 3.05) is 6.61 Å². The molecule has 2 heteroatoms. The summed E-state index contributed by atoms with van der Waals surface area (Å²) >= 11 is 0. The van der Waals surface area contributed by atoms with Crippen molar-refractivity contribution in [3.05, 3.63) is 35.9 Å². The molecule has 0 aromatic heterocycles. The molecule has 0 aliphatic carbocycles. The number of benzene rings is 1. The lowest BCUT2D eigenvalue weighted by molar-refractivity contribution is -0.288. The van der Waals surface area contributed by atoms with E-state index in [4.69, 9.17) is 9.47 Å². The Hall–Kier alpha value is -0.860. The Balaban J connectivity index is 2.23. The maximum atomic E-state index is 5.84. The van der Waals surface area contributed by atoms with Crippen molar-refractivity contribution >= 4 is 0 Å². The van der Waals surface area contributed by atoms with Gasteiger partial charge in [-0.15, -0.1) is 0 Å². The second-order valence-electron chi connectivity index (χ2n) is 3.88. The van der Waals surface area contributed by atoms with E-state index >= 15 is 0 Å². The molecule has 1 aliphatic heterocycles. The molecule has 76 valence electrons. The first kappa shape index (κ1) is 9.69. The van der Waals surface area contributed by atoms with Crippen LogP contribution in [-0.4, -0.2) is 12.7 Å². The van der Waals surface area contributed by atoms with Gasteiger partial charge in [-0.1, -0.05) is 30.3 Å². The van der Waals surface area contributed by atoms with Crippen molar-refractivity contribution in [3.63, 3.8) is 0 Å². The van der Waals surface area contributed by atoms with Gasteiger partial charge in [-0.05, 0) is 20.3 Å². The Morgan fingerprint density at radius 1 is 1.29 bits per heavy atom. The lowest BCUT2D eigenvalue weighted by atomic mass is 10.1. The van der Waals surface area contributed by atoms with E-state index in [0.29, 0.717) is 0 Å². The van der Waals surface area contributed by atoms with E-state index in [9.17, 15) is 0 Å². The predicted octanol–water partition coefficient (Wildman–Crippen LogP) is 2.68. The van der Waals surface area contributed by atoms with Crippen molar-refractivity contribution in [1.82, 2.24) is 0 Å². The van der Waals surface area contributed by atoms with Crippen LogP contribution in [0.4, 0.5) is 0 Å². The van der Waals surface area contributed by atoms with Gasteiger partial charge in [0.15, 0.2) is 5.79 Å². The highest BCUT2D eigenvalue weighted by molar-refractivity contribution is 5.19. The zero-order chi connectivity index (χ0) is 10.0. The Kier molecular flexibility index (Phi) is 2.57. The molecule has 1 heterocycles. The number of hydrogen-bond donors (Lipinski definition) is 0. The Morgan fingerprint density at radius 3 is 2.64 bits per heavy atom. The summed E-state index contributed by atoms with van der Waals surface area (Å²) in [6.07, 6.45) is 1.25. The van der Waals surface area contributed by atoms with Crippen LogP contribution in [0.2, 0.25) is 0 Å². The highest BCUT2D eigenvalue weighted by Gasteiger charge is 2.33. The second-order valence-corrected chi connectivity index (χ2v) is 3.88. The van der Waals surface area contributed by atoms with Gasteiger partial charge < -0.3 is 9.47 Å². The fourth-order valence-electron chi connectivity index (χ4n) is 1.79. The SMILES string of the molecule is C[C@@H]1CCO[C@@](C)(c2ccccc2)O1. The summed E-state index contributed by atoms with van der Waals surface area (Å²) in [5, 5.41) is 0. The minimum absolute atomic E-state index is 0.272. The van der Waals surface area contributed by atoms with Crippen LogP contribution >= 0.6 is 0 Å². The summed E-state index contributed by atoms with van der Waals surface area (Å²) in [5.41, 5.74) is 1.09. The average Bonchev–Trinajstić information content (AvgIpc) is 2.19. The second kappa shape index (κ2) is 3.71. The van der Waals surface area contributed by atoms with Crippen LogP contribution in [0.15, 0.2) is 30.3 Å². The first-order valence-electron chi connectivity index (χ1n) is 5.08. The standard InChI is InChI=1S/C12H16O2/c1-10-8-9-13-12(2,14-10)11-6-4-3-5-7-11/h3-7,10H,8-9H2,1-2H3/t10-,12-/m1/s1. The minimum Gasteiger partial charge on any atom is -0.346 e. The number of hydrogen-bond acceptors (Lipinski definition) is 2. The molecule has 1 aliphatic rings. The van der Waals surface area contributed by atoms with E-state index in [2.05, 4.69) is 6.92 Å². The zero-order valence-electron chi connectivity index (χ0n) is 8.69. The van der Waals surface area contributed by atoms with Crippen LogP contribution in [0.25, 0.3) is 0 Å². The fraction of sp³-hybridized carbons (Fsp3) is 0.500. The van der Waals surface area contributed by atoms with Crippen molar-refractivity contribution in [1.29, 1.82) is 0 Å². The Labute approximate surface area is 84.8 Å². The maximum Gasteiger partial charge on any atom is 0.192 e. The molecule has 1 aromatic rings. The molecule has 0 bridgehead atoms. The van der Waals surface area contributed by atoms with Crippen LogP contribution in [0, 0.1) is 0 Å². The molecular formula is C12H16O2. The predicted molar refractivity (Wildman–Crippen MR) is 54.9 cm³/mol. The molecule has 0 radical (unpaired) electrons. The highest BCUT2D eigenvalue weighted by atomic mass is 16.7. The first-order valence-corrected chi connectivity index (χ1v) is 5.08. The molecular weight excluding hydrogens is 176 g/mol. The van der Waals surface area contributed by atoms with Gasteiger partial charge in [-0.25, -0.2) is 0 Å². The molecule has 1 saturated heterocycles. The van der Waals surface area contributed by atoms with Crippen molar-refractivity contribution < 1.29 is 9.47 Å². The quantitative estimate of drug-likeness (QED) is 0.681. The molecule has 2 rings (SSSR count). The summed E-state index contributed by atoms with van der Waals surface area (Å²) < 4.78 is 11.5.